The number of rotatable bonds is 0. The number of halogens is 1. The Morgan fingerprint density at radius 3 is 2.67 bits per heavy atom. The standard InChI is InChI=1S/C13H17ClO/c1-8-5-6-10-11(14)7-13(3,4)15-12(10)9(8)2/h5-6,11H,7H2,1-4H3. The van der Waals surface area contributed by atoms with Gasteiger partial charge in [0.1, 0.15) is 11.4 Å². The monoisotopic (exact) mass is 224 g/mol. The maximum atomic E-state index is 6.38. The largest absolute Gasteiger partial charge is 0.487 e. The molecule has 1 aliphatic heterocycles. The van der Waals surface area contributed by atoms with E-state index >= 15 is 0 Å². The number of benzene rings is 1. The lowest BCUT2D eigenvalue weighted by Crippen LogP contribution is -2.34. The number of hydrogen-bond acceptors (Lipinski definition) is 1. The van der Waals surface area contributed by atoms with E-state index in [1.54, 1.807) is 0 Å². The van der Waals surface area contributed by atoms with Crippen LogP contribution in [0, 0.1) is 13.8 Å². The minimum absolute atomic E-state index is 0.0723. The molecule has 2 heteroatoms. The summed E-state index contributed by atoms with van der Waals surface area (Å²) in [6, 6.07) is 4.20. The van der Waals surface area contributed by atoms with E-state index in [-0.39, 0.29) is 11.0 Å². The van der Waals surface area contributed by atoms with E-state index in [0.717, 1.165) is 17.7 Å². The summed E-state index contributed by atoms with van der Waals surface area (Å²) in [6.07, 6.45) is 0.865. The van der Waals surface area contributed by atoms with Gasteiger partial charge in [-0.15, -0.1) is 11.6 Å². The van der Waals surface area contributed by atoms with Crippen molar-refractivity contribution in [2.75, 3.05) is 0 Å². The summed E-state index contributed by atoms with van der Waals surface area (Å²) in [5.41, 5.74) is 3.46. The van der Waals surface area contributed by atoms with Crippen LogP contribution in [0.25, 0.3) is 0 Å². The molecule has 1 aliphatic rings. The van der Waals surface area contributed by atoms with Gasteiger partial charge in [-0.3, -0.25) is 0 Å². The molecule has 0 fully saturated rings. The molecule has 0 aliphatic carbocycles. The maximum absolute atomic E-state index is 6.38. The van der Waals surface area contributed by atoms with Gasteiger partial charge in [0.05, 0.1) is 5.38 Å². The molecule has 0 spiro atoms. The molecule has 0 bridgehead atoms. The Morgan fingerprint density at radius 1 is 1.33 bits per heavy atom. The Kier molecular flexibility index (Phi) is 2.46. The Bertz CT molecular complexity index is 396. The topological polar surface area (TPSA) is 9.23 Å². The number of fused-ring (bicyclic) bond motifs is 1. The Labute approximate surface area is 96.4 Å². The summed E-state index contributed by atoms with van der Waals surface area (Å²) in [6.45, 7) is 8.38. The fraction of sp³-hybridized carbons (Fsp3) is 0.538. The highest BCUT2D eigenvalue weighted by molar-refractivity contribution is 6.21. The van der Waals surface area contributed by atoms with Gasteiger partial charge in [-0.2, -0.15) is 0 Å². The van der Waals surface area contributed by atoms with Crippen molar-refractivity contribution in [3.63, 3.8) is 0 Å². The van der Waals surface area contributed by atoms with Gasteiger partial charge in [0.15, 0.2) is 0 Å². The molecule has 1 aromatic carbocycles. The molecule has 82 valence electrons. The smallest absolute Gasteiger partial charge is 0.127 e. The summed E-state index contributed by atoms with van der Waals surface area (Å²) in [5, 5.41) is 0.0723. The molecule has 0 saturated carbocycles. The van der Waals surface area contributed by atoms with Crippen molar-refractivity contribution in [1.29, 1.82) is 0 Å². The molecule has 0 amide bonds. The molecule has 0 N–H and O–H groups in total. The summed E-state index contributed by atoms with van der Waals surface area (Å²) < 4.78 is 6.02. The molecule has 15 heavy (non-hydrogen) atoms. The fourth-order valence-corrected chi connectivity index (χ4v) is 2.60. The van der Waals surface area contributed by atoms with Crippen molar-refractivity contribution in [2.45, 2.75) is 45.1 Å². The first kappa shape index (κ1) is 10.8. The van der Waals surface area contributed by atoms with Crippen LogP contribution in [-0.4, -0.2) is 5.60 Å². The second kappa shape index (κ2) is 3.41. The lowest BCUT2D eigenvalue weighted by Gasteiger charge is -2.36. The van der Waals surface area contributed by atoms with Crippen LogP contribution in [0.15, 0.2) is 12.1 Å². The van der Waals surface area contributed by atoms with Crippen molar-refractivity contribution in [3.05, 3.63) is 28.8 Å². The van der Waals surface area contributed by atoms with Gasteiger partial charge in [-0.25, -0.2) is 0 Å². The van der Waals surface area contributed by atoms with E-state index in [9.17, 15) is 0 Å². The first-order chi connectivity index (χ1) is 6.91. The highest BCUT2D eigenvalue weighted by Crippen LogP contribution is 2.45. The van der Waals surface area contributed by atoms with Crippen LogP contribution < -0.4 is 4.74 Å². The van der Waals surface area contributed by atoms with Gasteiger partial charge in [-0.05, 0) is 38.8 Å². The van der Waals surface area contributed by atoms with E-state index in [1.807, 2.05) is 0 Å². The van der Waals surface area contributed by atoms with Crippen LogP contribution in [0.3, 0.4) is 0 Å². The molecule has 1 atom stereocenters. The lowest BCUT2D eigenvalue weighted by molar-refractivity contribution is 0.0815. The molecule has 1 nitrogen and oxygen atoms in total. The van der Waals surface area contributed by atoms with Crippen LogP contribution in [0.1, 0.15) is 42.3 Å². The van der Waals surface area contributed by atoms with Gasteiger partial charge < -0.3 is 4.74 Å². The zero-order valence-corrected chi connectivity index (χ0v) is 10.5. The molecular formula is C13H17ClO. The second-order valence-corrected chi connectivity index (χ2v) is 5.49. The third kappa shape index (κ3) is 1.85. The Morgan fingerprint density at radius 2 is 2.00 bits per heavy atom. The summed E-state index contributed by atoms with van der Waals surface area (Å²) in [7, 11) is 0. The SMILES string of the molecule is Cc1ccc2c(c1C)OC(C)(C)CC2Cl. The molecule has 1 heterocycles. The molecule has 0 aromatic heterocycles. The molecule has 1 aromatic rings. The number of hydrogen-bond donors (Lipinski definition) is 0. The van der Waals surface area contributed by atoms with Crippen LogP contribution >= 0.6 is 11.6 Å². The first-order valence-electron chi connectivity index (χ1n) is 5.34. The second-order valence-electron chi connectivity index (χ2n) is 4.96. The lowest BCUT2D eigenvalue weighted by atomic mass is 9.91. The minimum Gasteiger partial charge on any atom is -0.487 e. The molecule has 0 saturated heterocycles. The van der Waals surface area contributed by atoms with Crippen molar-refractivity contribution in [1.82, 2.24) is 0 Å². The van der Waals surface area contributed by atoms with Gasteiger partial charge >= 0.3 is 0 Å². The van der Waals surface area contributed by atoms with Crippen LogP contribution in [0.4, 0.5) is 0 Å². The summed E-state index contributed by atoms with van der Waals surface area (Å²) in [4.78, 5) is 0. The average Bonchev–Trinajstić information content (AvgIpc) is 2.10. The highest BCUT2D eigenvalue weighted by atomic mass is 35.5. The van der Waals surface area contributed by atoms with E-state index < -0.39 is 0 Å². The molecule has 2 rings (SSSR count). The molecular weight excluding hydrogens is 208 g/mol. The number of ether oxygens (including phenoxy) is 1. The predicted molar refractivity (Wildman–Crippen MR) is 63.8 cm³/mol. The zero-order chi connectivity index (χ0) is 11.2. The van der Waals surface area contributed by atoms with Gasteiger partial charge in [0.25, 0.3) is 0 Å². The van der Waals surface area contributed by atoms with Crippen LogP contribution in [-0.2, 0) is 0 Å². The highest BCUT2D eigenvalue weighted by Gasteiger charge is 2.33. The summed E-state index contributed by atoms with van der Waals surface area (Å²) in [5.74, 6) is 0.992. The maximum Gasteiger partial charge on any atom is 0.127 e. The van der Waals surface area contributed by atoms with E-state index in [2.05, 4.69) is 39.8 Å². The average molecular weight is 225 g/mol. The van der Waals surface area contributed by atoms with Crippen molar-refractivity contribution >= 4 is 11.6 Å². The van der Waals surface area contributed by atoms with Gasteiger partial charge in [0.2, 0.25) is 0 Å². The number of aryl methyl sites for hydroxylation is 1. The van der Waals surface area contributed by atoms with E-state index in [4.69, 9.17) is 16.3 Å². The van der Waals surface area contributed by atoms with Crippen LogP contribution in [0.2, 0.25) is 0 Å². The minimum atomic E-state index is -0.155. The Hall–Kier alpha value is -0.690. The predicted octanol–water partition coefficient (Wildman–Crippen LogP) is 4.14. The third-order valence-electron chi connectivity index (χ3n) is 3.09. The van der Waals surface area contributed by atoms with E-state index in [1.165, 1.54) is 11.1 Å². The van der Waals surface area contributed by atoms with Crippen molar-refractivity contribution in [2.24, 2.45) is 0 Å². The summed E-state index contributed by atoms with van der Waals surface area (Å²) >= 11 is 6.38. The molecule has 0 radical (unpaired) electrons. The van der Waals surface area contributed by atoms with E-state index in [0.29, 0.717) is 0 Å². The van der Waals surface area contributed by atoms with Gasteiger partial charge in [-0.1, -0.05) is 12.1 Å². The van der Waals surface area contributed by atoms with Gasteiger partial charge in [0, 0.05) is 12.0 Å². The zero-order valence-electron chi connectivity index (χ0n) is 9.73. The van der Waals surface area contributed by atoms with Crippen molar-refractivity contribution in [3.8, 4) is 5.75 Å². The van der Waals surface area contributed by atoms with Crippen LogP contribution in [0.5, 0.6) is 5.75 Å². The first-order valence-corrected chi connectivity index (χ1v) is 5.77. The molecule has 1 unspecified atom stereocenters. The van der Waals surface area contributed by atoms with Crippen molar-refractivity contribution < 1.29 is 4.74 Å². The normalized spacial score (nSPS) is 23.1. The third-order valence-corrected chi connectivity index (χ3v) is 3.48. The quantitative estimate of drug-likeness (QED) is 0.602. The number of alkyl halides is 1. The fourth-order valence-electron chi connectivity index (χ4n) is 2.05. The Balaban J connectivity index is 2.56.